The average Bonchev–Trinajstić information content (AvgIpc) is 2.05. The summed E-state index contributed by atoms with van der Waals surface area (Å²) >= 11 is 0. The summed E-state index contributed by atoms with van der Waals surface area (Å²) in [6, 6.07) is 3.62. The largest absolute Gasteiger partial charge is 0.254 e. The minimum Gasteiger partial charge on any atom is -0.254 e. The Morgan fingerprint density at radius 3 is 3.10 bits per heavy atom. The zero-order chi connectivity index (χ0) is 7.40. The molecule has 1 unspecified atom stereocenters. The first kappa shape index (κ1) is 7.19. The fourth-order valence-electron chi connectivity index (χ4n) is 0.696. The van der Waals surface area contributed by atoms with Crippen LogP contribution in [0.3, 0.4) is 0 Å². The molecule has 1 atom stereocenters. The predicted octanol–water partition coefficient (Wildman–Crippen LogP) is 1.95. The molecule has 1 aromatic heterocycles. The Balaban J connectivity index is 2.75. The molecule has 1 radical (unpaired) electrons. The molecule has 1 rings (SSSR count). The molecule has 0 aliphatic carbocycles. The van der Waals surface area contributed by atoms with Gasteiger partial charge in [-0.25, -0.2) is 0 Å². The standard InChI is InChI=1S/C8H9FN/c1-7(5-9)8-3-2-4-10-6-8/h2-4,7H,5H2,1H3. The van der Waals surface area contributed by atoms with Crippen molar-refractivity contribution in [2.24, 2.45) is 0 Å². The van der Waals surface area contributed by atoms with Gasteiger partial charge < -0.3 is 0 Å². The number of hydrogen-bond acceptors (Lipinski definition) is 1. The lowest BCUT2D eigenvalue weighted by atomic mass is 10.1. The Bertz CT molecular complexity index is 186. The van der Waals surface area contributed by atoms with Crippen molar-refractivity contribution >= 4 is 0 Å². The van der Waals surface area contributed by atoms with Gasteiger partial charge >= 0.3 is 0 Å². The second-order valence-corrected chi connectivity index (χ2v) is 2.26. The summed E-state index contributed by atoms with van der Waals surface area (Å²) in [6.07, 6.45) is 4.36. The van der Waals surface area contributed by atoms with Gasteiger partial charge in [0.05, 0.1) is 12.9 Å². The Labute approximate surface area is 59.9 Å². The highest BCUT2D eigenvalue weighted by molar-refractivity contribution is 5.11. The molecule has 1 heterocycles. The van der Waals surface area contributed by atoms with E-state index in [0.717, 1.165) is 5.56 Å². The third kappa shape index (κ3) is 1.53. The topological polar surface area (TPSA) is 12.9 Å². The molecule has 0 saturated carbocycles. The maximum atomic E-state index is 12.0. The van der Waals surface area contributed by atoms with Crippen molar-refractivity contribution in [3.8, 4) is 0 Å². The molecule has 0 spiro atoms. The molecule has 0 aliphatic heterocycles. The number of halogens is 1. The summed E-state index contributed by atoms with van der Waals surface area (Å²) in [6.45, 7) is 1.47. The van der Waals surface area contributed by atoms with E-state index in [1.807, 2.05) is 13.0 Å². The Morgan fingerprint density at radius 1 is 1.80 bits per heavy atom. The number of pyridine rings is 1. The van der Waals surface area contributed by atoms with Gasteiger partial charge in [-0.05, 0) is 11.6 Å². The molecule has 1 aromatic rings. The van der Waals surface area contributed by atoms with E-state index in [4.69, 9.17) is 0 Å². The normalized spacial score (nSPS) is 13.0. The van der Waals surface area contributed by atoms with Crippen molar-refractivity contribution in [1.82, 2.24) is 4.98 Å². The summed E-state index contributed by atoms with van der Waals surface area (Å²) < 4.78 is 12.0. The van der Waals surface area contributed by atoms with Crippen LogP contribution >= 0.6 is 0 Å². The van der Waals surface area contributed by atoms with Crippen molar-refractivity contribution in [3.63, 3.8) is 0 Å². The van der Waals surface area contributed by atoms with Gasteiger partial charge in [0, 0.05) is 12.1 Å². The van der Waals surface area contributed by atoms with Gasteiger partial charge in [-0.1, -0.05) is 13.0 Å². The van der Waals surface area contributed by atoms with Gasteiger partial charge in [-0.15, -0.1) is 0 Å². The monoisotopic (exact) mass is 138 g/mol. The number of alkyl halides is 1. The average molecular weight is 138 g/mol. The van der Waals surface area contributed by atoms with Crippen LogP contribution < -0.4 is 0 Å². The number of aromatic nitrogens is 1. The first-order chi connectivity index (χ1) is 4.84. The zero-order valence-corrected chi connectivity index (χ0v) is 5.84. The van der Waals surface area contributed by atoms with E-state index in [-0.39, 0.29) is 12.6 Å². The number of hydrogen-bond donors (Lipinski definition) is 0. The molecular formula is C8H9FN. The van der Waals surface area contributed by atoms with Crippen LogP contribution in [0.15, 0.2) is 18.3 Å². The van der Waals surface area contributed by atoms with E-state index in [1.165, 1.54) is 0 Å². The Kier molecular flexibility index (Phi) is 2.37. The van der Waals surface area contributed by atoms with Crippen LogP contribution in [0.4, 0.5) is 4.39 Å². The second-order valence-electron chi connectivity index (χ2n) is 2.26. The molecule has 0 N–H and O–H groups in total. The molecule has 10 heavy (non-hydrogen) atoms. The van der Waals surface area contributed by atoms with E-state index in [2.05, 4.69) is 11.2 Å². The van der Waals surface area contributed by atoms with Gasteiger partial charge in [0.2, 0.25) is 0 Å². The molecular weight excluding hydrogens is 129 g/mol. The molecule has 0 bridgehead atoms. The van der Waals surface area contributed by atoms with Gasteiger partial charge in [0.1, 0.15) is 0 Å². The number of rotatable bonds is 2. The van der Waals surface area contributed by atoms with Gasteiger partial charge in [-0.3, -0.25) is 9.37 Å². The van der Waals surface area contributed by atoms with Crippen molar-refractivity contribution in [1.29, 1.82) is 0 Å². The third-order valence-electron chi connectivity index (χ3n) is 1.39. The van der Waals surface area contributed by atoms with E-state index in [0.29, 0.717) is 0 Å². The van der Waals surface area contributed by atoms with Crippen LogP contribution in [0.2, 0.25) is 0 Å². The molecule has 2 heteroatoms. The predicted molar refractivity (Wildman–Crippen MR) is 37.5 cm³/mol. The zero-order valence-electron chi connectivity index (χ0n) is 5.84. The molecule has 0 fully saturated rings. The van der Waals surface area contributed by atoms with E-state index in [1.54, 1.807) is 12.3 Å². The minimum atomic E-state index is -0.345. The quantitative estimate of drug-likeness (QED) is 0.608. The molecule has 0 aliphatic rings. The van der Waals surface area contributed by atoms with Gasteiger partial charge in [-0.2, -0.15) is 0 Å². The fourth-order valence-corrected chi connectivity index (χ4v) is 0.696. The lowest BCUT2D eigenvalue weighted by Gasteiger charge is -2.03. The fraction of sp³-hybridized carbons (Fsp3) is 0.375. The van der Waals surface area contributed by atoms with Crippen LogP contribution in [0.5, 0.6) is 0 Å². The smallest absolute Gasteiger partial charge is 0.0961 e. The van der Waals surface area contributed by atoms with E-state index >= 15 is 0 Å². The van der Waals surface area contributed by atoms with Crippen LogP contribution in [-0.4, -0.2) is 11.7 Å². The Morgan fingerprint density at radius 2 is 2.60 bits per heavy atom. The molecule has 0 aromatic carbocycles. The molecule has 0 saturated heterocycles. The molecule has 0 amide bonds. The van der Waals surface area contributed by atoms with Crippen molar-refractivity contribution in [2.45, 2.75) is 12.8 Å². The minimum absolute atomic E-state index is 0.0753. The number of nitrogens with zero attached hydrogens (tertiary/aromatic N) is 1. The first-order valence-electron chi connectivity index (χ1n) is 3.23. The van der Waals surface area contributed by atoms with Crippen LogP contribution in [-0.2, 0) is 0 Å². The van der Waals surface area contributed by atoms with Gasteiger partial charge in [0.15, 0.2) is 0 Å². The lowest BCUT2D eigenvalue weighted by Crippen LogP contribution is -1.95. The SMILES string of the molecule is CC(CF)c1[c]nccc1. The van der Waals surface area contributed by atoms with E-state index < -0.39 is 0 Å². The summed E-state index contributed by atoms with van der Waals surface area (Å²) in [7, 11) is 0. The van der Waals surface area contributed by atoms with E-state index in [9.17, 15) is 4.39 Å². The summed E-state index contributed by atoms with van der Waals surface area (Å²) in [5.41, 5.74) is 0.838. The highest BCUT2D eigenvalue weighted by Gasteiger charge is 2.02. The second kappa shape index (κ2) is 3.30. The van der Waals surface area contributed by atoms with Crippen LogP contribution in [0, 0.1) is 6.20 Å². The first-order valence-corrected chi connectivity index (χ1v) is 3.23. The lowest BCUT2D eigenvalue weighted by molar-refractivity contribution is 0.446. The Hall–Kier alpha value is -0.920. The third-order valence-corrected chi connectivity index (χ3v) is 1.39. The van der Waals surface area contributed by atoms with Crippen molar-refractivity contribution in [2.75, 3.05) is 6.67 Å². The van der Waals surface area contributed by atoms with Crippen LogP contribution in [0.25, 0.3) is 0 Å². The van der Waals surface area contributed by atoms with Gasteiger partial charge in [0.25, 0.3) is 0 Å². The maximum Gasteiger partial charge on any atom is 0.0961 e. The highest BCUT2D eigenvalue weighted by Crippen LogP contribution is 2.12. The maximum absolute atomic E-state index is 12.0. The highest BCUT2D eigenvalue weighted by atomic mass is 19.1. The summed E-state index contributed by atoms with van der Waals surface area (Å²) in [4.78, 5) is 3.76. The molecule has 53 valence electrons. The van der Waals surface area contributed by atoms with Crippen molar-refractivity contribution in [3.05, 3.63) is 30.1 Å². The van der Waals surface area contributed by atoms with Crippen LogP contribution in [0.1, 0.15) is 18.4 Å². The van der Waals surface area contributed by atoms with Crippen molar-refractivity contribution < 1.29 is 4.39 Å². The summed E-state index contributed by atoms with van der Waals surface area (Å²) in [5.74, 6) is -0.0753. The molecule has 1 nitrogen and oxygen atoms in total. The summed E-state index contributed by atoms with van der Waals surface area (Å²) in [5, 5.41) is 0.